The highest BCUT2D eigenvalue weighted by Gasteiger charge is 2.16. The van der Waals surface area contributed by atoms with Crippen LogP contribution >= 0.6 is 0 Å². The van der Waals surface area contributed by atoms with Crippen LogP contribution in [0.5, 0.6) is 0 Å². The summed E-state index contributed by atoms with van der Waals surface area (Å²) in [4.78, 5) is 17.0. The zero-order chi connectivity index (χ0) is 17.9. The van der Waals surface area contributed by atoms with E-state index in [9.17, 15) is 4.79 Å². The van der Waals surface area contributed by atoms with Crippen LogP contribution in [0, 0.1) is 0 Å². The van der Waals surface area contributed by atoms with Gasteiger partial charge in [-0.3, -0.25) is 4.79 Å². The highest BCUT2D eigenvalue weighted by Crippen LogP contribution is 2.22. The molecule has 1 amide bonds. The number of anilines is 2. The molecule has 0 unspecified atom stereocenters. The molecule has 1 aliphatic heterocycles. The summed E-state index contributed by atoms with van der Waals surface area (Å²) in [6, 6.07) is 12.9. The summed E-state index contributed by atoms with van der Waals surface area (Å²) in [6.45, 7) is 4.14. The average Bonchev–Trinajstić information content (AvgIpc) is 3.35. The predicted octanol–water partition coefficient (Wildman–Crippen LogP) is 2.94. The second-order valence-electron chi connectivity index (χ2n) is 6.35. The van der Waals surface area contributed by atoms with Crippen LogP contribution in [0.1, 0.15) is 10.5 Å². The van der Waals surface area contributed by atoms with Gasteiger partial charge in [0.2, 0.25) is 5.76 Å². The third-order valence-electron chi connectivity index (χ3n) is 4.50. The highest BCUT2D eigenvalue weighted by molar-refractivity contribution is 6.03. The number of aromatic nitrogens is 1. The molecule has 4 rings (SSSR count). The molecule has 1 fully saturated rings. The number of piperazine rings is 1. The van der Waals surface area contributed by atoms with Crippen molar-refractivity contribution in [2.75, 3.05) is 43.4 Å². The maximum Gasteiger partial charge on any atom is 0.277 e. The van der Waals surface area contributed by atoms with Crippen molar-refractivity contribution in [2.45, 2.75) is 0 Å². The van der Waals surface area contributed by atoms with Crippen LogP contribution in [0.4, 0.5) is 11.4 Å². The summed E-state index contributed by atoms with van der Waals surface area (Å²) >= 11 is 0. The number of nitrogens with one attached hydrogen (secondary N) is 1. The van der Waals surface area contributed by atoms with Gasteiger partial charge in [-0.05, 0) is 43.4 Å². The maximum absolute atomic E-state index is 12.3. The topological polar surface area (TPSA) is 74.8 Å². The van der Waals surface area contributed by atoms with Crippen LogP contribution in [-0.4, -0.2) is 49.2 Å². The van der Waals surface area contributed by atoms with Gasteiger partial charge in [-0.25, -0.2) is 0 Å². The Hall–Kier alpha value is -3.06. The second-order valence-corrected chi connectivity index (χ2v) is 6.35. The minimum atomic E-state index is -0.320. The summed E-state index contributed by atoms with van der Waals surface area (Å²) in [7, 11) is 2.14. The second kappa shape index (κ2) is 7.05. The lowest BCUT2D eigenvalue weighted by molar-refractivity contribution is 0.101. The molecular weight excluding hydrogens is 332 g/mol. The molecule has 134 valence electrons. The molecule has 1 aliphatic rings. The van der Waals surface area contributed by atoms with Crippen molar-refractivity contribution in [2.24, 2.45) is 0 Å². The monoisotopic (exact) mass is 352 g/mol. The van der Waals surface area contributed by atoms with Crippen molar-refractivity contribution >= 4 is 17.3 Å². The van der Waals surface area contributed by atoms with E-state index >= 15 is 0 Å². The minimum absolute atomic E-state index is 0.208. The number of carbonyl (C=O) groups is 1. The Kier molecular flexibility index (Phi) is 4.45. The van der Waals surface area contributed by atoms with Crippen molar-refractivity contribution in [1.29, 1.82) is 0 Å². The lowest BCUT2D eigenvalue weighted by Crippen LogP contribution is -2.44. The number of likely N-dealkylation sites (N-methyl/N-ethyl adjacent to an activating group) is 1. The first-order chi connectivity index (χ1) is 12.7. The number of hydrogen-bond donors (Lipinski definition) is 1. The van der Waals surface area contributed by atoms with E-state index in [0.717, 1.165) is 37.6 Å². The van der Waals surface area contributed by atoms with Crippen molar-refractivity contribution < 1.29 is 13.7 Å². The van der Waals surface area contributed by atoms with Gasteiger partial charge in [0.05, 0.1) is 6.26 Å². The Morgan fingerprint density at radius 1 is 1.08 bits per heavy atom. The van der Waals surface area contributed by atoms with E-state index in [-0.39, 0.29) is 11.6 Å². The first kappa shape index (κ1) is 16.4. The van der Waals surface area contributed by atoms with Gasteiger partial charge in [0.25, 0.3) is 5.91 Å². The number of furan rings is 1. The number of carbonyl (C=O) groups excluding carboxylic acids is 1. The molecule has 0 spiro atoms. The van der Waals surface area contributed by atoms with Crippen LogP contribution in [0.25, 0.3) is 11.5 Å². The molecule has 0 saturated carbocycles. The summed E-state index contributed by atoms with van der Waals surface area (Å²) < 4.78 is 10.4. The predicted molar refractivity (Wildman–Crippen MR) is 98.3 cm³/mol. The molecule has 3 heterocycles. The van der Waals surface area contributed by atoms with Crippen molar-refractivity contribution in [1.82, 2.24) is 10.1 Å². The van der Waals surface area contributed by atoms with E-state index in [1.165, 1.54) is 0 Å². The summed E-state index contributed by atoms with van der Waals surface area (Å²) in [6.07, 6.45) is 1.54. The number of amides is 1. The molecule has 0 radical (unpaired) electrons. The first-order valence-corrected chi connectivity index (χ1v) is 8.54. The van der Waals surface area contributed by atoms with E-state index in [4.69, 9.17) is 8.94 Å². The van der Waals surface area contributed by atoms with Gasteiger partial charge in [-0.1, -0.05) is 5.16 Å². The van der Waals surface area contributed by atoms with Crippen LogP contribution in [0.3, 0.4) is 0 Å². The Bertz CT molecular complexity index is 863. The van der Waals surface area contributed by atoms with Crippen LogP contribution in [0.2, 0.25) is 0 Å². The van der Waals surface area contributed by atoms with Gasteiger partial charge in [0.15, 0.2) is 11.5 Å². The Labute approximate surface area is 151 Å². The molecule has 7 nitrogen and oxygen atoms in total. The van der Waals surface area contributed by atoms with Gasteiger partial charge in [-0.15, -0.1) is 0 Å². The average molecular weight is 352 g/mol. The zero-order valence-corrected chi connectivity index (χ0v) is 14.5. The molecule has 0 bridgehead atoms. The van der Waals surface area contributed by atoms with Gasteiger partial charge in [-0.2, -0.15) is 0 Å². The van der Waals surface area contributed by atoms with Crippen molar-refractivity contribution in [3.05, 3.63) is 54.4 Å². The van der Waals surface area contributed by atoms with Gasteiger partial charge in [0, 0.05) is 43.6 Å². The molecule has 7 heteroatoms. The lowest BCUT2D eigenvalue weighted by atomic mass is 10.2. The smallest absolute Gasteiger partial charge is 0.277 e. The van der Waals surface area contributed by atoms with E-state index in [1.54, 1.807) is 24.5 Å². The fraction of sp³-hybridized carbons (Fsp3) is 0.263. The van der Waals surface area contributed by atoms with E-state index < -0.39 is 0 Å². The van der Waals surface area contributed by atoms with Gasteiger partial charge >= 0.3 is 0 Å². The molecule has 1 aromatic carbocycles. The molecule has 1 N–H and O–H groups in total. The molecule has 1 saturated heterocycles. The van der Waals surface area contributed by atoms with Gasteiger partial charge in [0.1, 0.15) is 0 Å². The first-order valence-electron chi connectivity index (χ1n) is 8.54. The molecule has 26 heavy (non-hydrogen) atoms. The molecule has 0 aliphatic carbocycles. The van der Waals surface area contributed by atoms with Crippen LogP contribution < -0.4 is 10.2 Å². The van der Waals surface area contributed by atoms with Crippen molar-refractivity contribution in [3.8, 4) is 11.5 Å². The largest absolute Gasteiger partial charge is 0.461 e. The third-order valence-corrected chi connectivity index (χ3v) is 4.50. The van der Waals surface area contributed by atoms with Gasteiger partial charge < -0.3 is 24.1 Å². The fourth-order valence-corrected chi connectivity index (χ4v) is 2.93. The zero-order valence-electron chi connectivity index (χ0n) is 14.5. The number of benzene rings is 1. The van der Waals surface area contributed by atoms with Crippen LogP contribution in [-0.2, 0) is 0 Å². The van der Waals surface area contributed by atoms with E-state index in [0.29, 0.717) is 11.5 Å². The Morgan fingerprint density at radius 2 is 1.85 bits per heavy atom. The number of nitrogens with zero attached hydrogens (tertiary/aromatic N) is 3. The Balaban J connectivity index is 1.40. The fourth-order valence-electron chi connectivity index (χ4n) is 2.93. The normalized spacial score (nSPS) is 15.2. The van der Waals surface area contributed by atoms with E-state index in [1.807, 2.05) is 24.3 Å². The van der Waals surface area contributed by atoms with Crippen molar-refractivity contribution in [3.63, 3.8) is 0 Å². The summed E-state index contributed by atoms with van der Waals surface area (Å²) in [5, 5.41) is 6.64. The van der Waals surface area contributed by atoms with Crippen LogP contribution in [0.15, 0.2) is 57.7 Å². The summed E-state index contributed by atoms with van der Waals surface area (Å²) in [5.74, 6) is 0.637. The van der Waals surface area contributed by atoms with E-state index in [2.05, 4.69) is 27.3 Å². The quantitative estimate of drug-likeness (QED) is 0.778. The SMILES string of the molecule is CN1CCN(c2ccc(NC(=O)c3cc(-c4ccco4)on3)cc2)CC1. The highest BCUT2D eigenvalue weighted by atomic mass is 16.5. The number of hydrogen-bond acceptors (Lipinski definition) is 6. The Morgan fingerprint density at radius 3 is 2.54 bits per heavy atom. The summed E-state index contributed by atoms with van der Waals surface area (Å²) in [5.41, 5.74) is 2.09. The molecule has 0 atom stereocenters. The molecule has 2 aromatic heterocycles. The lowest BCUT2D eigenvalue weighted by Gasteiger charge is -2.34. The minimum Gasteiger partial charge on any atom is -0.461 e. The standard InChI is InChI=1S/C19H20N4O3/c1-22-8-10-23(11-9-22)15-6-4-14(5-7-15)20-19(24)16-13-18(26-21-16)17-3-2-12-25-17/h2-7,12-13H,8-11H2,1H3,(H,20,24). The maximum atomic E-state index is 12.3. The number of rotatable bonds is 4. The molecular formula is C19H20N4O3. The third kappa shape index (κ3) is 3.48. The molecule has 3 aromatic rings.